The molecule has 2 fully saturated rings. The van der Waals surface area contributed by atoms with Gasteiger partial charge in [0.05, 0.1) is 23.4 Å². The number of hydrogen-bond acceptors (Lipinski definition) is 4. The first kappa shape index (κ1) is 30.6. The molecule has 10 rings (SSSR count). The summed E-state index contributed by atoms with van der Waals surface area (Å²) in [6.45, 7) is 4.35. The highest BCUT2D eigenvalue weighted by Gasteiger charge is 2.31. The number of nitrogens with zero attached hydrogens (tertiary/aromatic N) is 4. The van der Waals surface area contributed by atoms with E-state index in [9.17, 15) is 9.59 Å². The zero-order valence-corrected chi connectivity index (χ0v) is 29.5. The third kappa shape index (κ3) is 4.85. The van der Waals surface area contributed by atoms with Crippen LogP contribution in [0.1, 0.15) is 36.8 Å². The number of benzene rings is 2. The van der Waals surface area contributed by atoms with Crippen LogP contribution in [-0.4, -0.2) is 40.9 Å². The number of aromatic amines is 2. The summed E-state index contributed by atoms with van der Waals surface area (Å²) in [5.41, 5.74) is 13.3. The van der Waals surface area contributed by atoms with Gasteiger partial charge in [-0.2, -0.15) is 0 Å². The van der Waals surface area contributed by atoms with Gasteiger partial charge in [0, 0.05) is 105 Å². The van der Waals surface area contributed by atoms with Crippen LogP contribution in [0, 0.1) is 25.7 Å². The van der Waals surface area contributed by atoms with Gasteiger partial charge < -0.3 is 29.7 Å². The average Bonchev–Trinajstić information content (AvgIpc) is 4.04. The maximum Gasteiger partial charge on any atom is 0.228 e. The maximum absolute atomic E-state index is 12.4. The predicted octanol–water partition coefficient (Wildman–Crippen LogP) is 8.74. The molecule has 6 heterocycles. The summed E-state index contributed by atoms with van der Waals surface area (Å²) < 4.78 is 4.36. The topological polar surface area (TPSA) is 125 Å². The lowest BCUT2D eigenvalue weighted by molar-refractivity contribution is -0.118. The van der Waals surface area contributed by atoms with Crippen molar-refractivity contribution >= 4 is 67.1 Å². The van der Waals surface area contributed by atoms with Gasteiger partial charge in [0.15, 0.2) is 0 Å². The van der Waals surface area contributed by atoms with E-state index in [4.69, 9.17) is 0 Å². The zero-order valence-electron chi connectivity index (χ0n) is 29.5. The maximum atomic E-state index is 12.4. The van der Waals surface area contributed by atoms with E-state index in [2.05, 4.69) is 116 Å². The van der Waals surface area contributed by atoms with Crippen LogP contribution in [0.4, 0.5) is 11.6 Å². The Hall–Kier alpha value is -6.16. The van der Waals surface area contributed by atoms with E-state index in [1.165, 1.54) is 16.5 Å². The lowest BCUT2D eigenvalue weighted by atomic mass is 9.95. The Kier molecular flexibility index (Phi) is 6.58. The fourth-order valence-corrected chi connectivity index (χ4v) is 7.94. The molecule has 2 amide bonds. The number of aryl methyl sites for hydroxylation is 4. The van der Waals surface area contributed by atoms with Gasteiger partial charge in [-0.1, -0.05) is 6.07 Å². The van der Waals surface area contributed by atoms with E-state index in [1.807, 2.05) is 24.5 Å². The quantitative estimate of drug-likeness (QED) is 0.134. The molecule has 0 radical (unpaired) electrons. The van der Waals surface area contributed by atoms with E-state index in [-0.39, 0.29) is 23.7 Å². The van der Waals surface area contributed by atoms with Crippen molar-refractivity contribution in [1.29, 1.82) is 0 Å². The van der Waals surface area contributed by atoms with Crippen molar-refractivity contribution in [2.75, 3.05) is 10.6 Å². The number of aromatic nitrogens is 6. The number of nitrogens with one attached hydrogen (secondary N) is 4. The molecule has 0 atom stereocenters. The smallest absolute Gasteiger partial charge is 0.228 e. The molecule has 4 N–H and O–H groups in total. The molecule has 0 saturated heterocycles. The number of H-pyrrole nitrogens is 2. The third-order valence-electron chi connectivity index (χ3n) is 11.2. The Morgan fingerprint density at radius 2 is 1.23 bits per heavy atom. The van der Waals surface area contributed by atoms with Crippen molar-refractivity contribution < 1.29 is 9.59 Å². The highest BCUT2D eigenvalue weighted by atomic mass is 16.2. The van der Waals surface area contributed by atoms with Crippen molar-refractivity contribution in [2.24, 2.45) is 25.9 Å². The Bertz CT molecular complexity index is 2800. The Labute approximate surface area is 299 Å². The summed E-state index contributed by atoms with van der Waals surface area (Å²) in [6.07, 6.45) is 11.7. The summed E-state index contributed by atoms with van der Waals surface area (Å²) >= 11 is 0. The molecule has 0 bridgehead atoms. The number of fused-ring (bicyclic) bond motifs is 4. The largest absolute Gasteiger partial charge is 0.361 e. The molecule has 10 nitrogen and oxygen atoms in total. The molecule has 0 unspecified atom stereocenters. The fraction of sp³-hybridized carbons (Fsp3) is 0.238. The first-order valence-corrected chi connectivity index (χ1v) is 18.0. The molecule has 2 aliphatic carbocycles. The molecule has 52 heavy (non-hydrogen) atoms. The van der Waals surface area contributed by atoms with Gasteiger partial charge in [0.1, 0.15) is 11.6 Å². The van der Waals surface area contributed by atoms with Crippen LogP contribution in [0.25, 0.3) is 77.3 Å². The van der Waals surface area contributed by atoms with E-state index in [0.717, 1.165) is 97.6 Å². The summed E-state index contributed by atoms with van der Waals surface area (Å²) in [7, 11) is 4.14. The number of rotatable bonds is 7. The molecular formula is C42H38N8O2. The summed E-state index contributed by atoms with van der Waals surface area (Å²) in [6, 6.07) is 17.2. The van der Waals surface area contributed by atoms with Crippen LogP contribution in [0.15, 0.2) is 73.3 Å². The van der Waals surface area contributed by atoms with Crippen molar-refractivity contribution in [3.63, 3.8) is 0 Å². The zero-order chi connectivity index (χ0) is 35.4. The summed E-state index contributed by atoms with van der Waals surface area (Å²) in [5.74, 6) is 1.55. The molecule has 0 aliphatic heterocycles. The van der Waals surface area contributed by atoms with Gasteiger partial charge >= 0.3 is 0 Å². The fourth-order valence-electron chi connectivity index (χ4n) is 7.94. The Morgan fingerprint density at radius 3 is 1.83 bits per heavy atom. The number of carbonyl (C=O) groups is 2. The summed E-state index contributed by atoms with van der Waals surface area (Å²) in [5, 5.41) is 10.4. The van der Waals surface area contributed by atoms with Gasteiger partial charge in [0.25, 0.3) is 0 Å². The minimum absolute atomic E-state index is 0.0579. The second-order valence-corrected chi connectivity index (χ2v) is 14.7. The Balaban J connectivity index is 1.04. The highest BCUT2D eigenvalue weighted by Crippen LogP contribution is 2.42. The number of pyridine rings is 2. The molecule has 258 valence electrons. The minimum Gasteiger partial charge on any atom is -0.361 e. The lowest BCUT2D eigenvalue weighted by Crippen LogP contribution is -2.14. The molecular weight excluding hydrogens is 649 g/mol. The molecule has 2 aliphatic rings. The molecule has 2 aromatic carbocycles. The van der Waals surface area contributed by atoms with Gasteiger partial charge in [-0.25, -0.2) is 9.97 Å². The number of carbonyl (C=O) groups excluding carboxylic acids is 2. The average molecular weight is 687 g/mol. The second-order valence-electron chi connectivity index (χ2n) is 14.7. The summed E-state index contributed by atoms with van der Waals surface area (Å²) in [4.78, 5) is 41.0. The third-order valence-corrected chi connectivity index (χ3v) is 11.2. The number of amides is 2. The number of hydrogen-bond donors (Lipinski definition) is 4. The van der Waals surface area contributed by atoms with E-state index >= 15 is 0 Å². The molecule has 10 heteroatoms. The van der Waals surface area contributed by atoms with Gasteiger partial charge in [-0.05, 0) is 93.1 Å². The first-order valence-electron chi connectivity index (χ1n) is 18.0. The Morgan fingerprint density at radius 1 is 0.673 bits per heavy atom. The predicted molar refractivity (Wildman–Crippen MR) is 207 cm³/mol. The first-order chi connectivity index (χ1) is 25.2. The van der Waals surface area contributed by atoms with Gasteiger partial charge in [-0.3, -0.25) is 9.59 Å². The van der Waals surface area contributed by atoms with Crippen LogP contribution in [0.2, 0.25) is 0 Å². The van der Waals surface area contributed by atoms with Crippen LogP contribution in [-0.2, 0) is 23.7 Å². The van der Waals surface area contributed by atoms with Gasteiger partial charge in [-0.15, -0.1) is 0 Å². The normalized spacial score (nSPS) is 14.6. The molecule has 2 saturated carbocycles. The van der Waals surface area contributed by atoms with Crippen LogP contribution in [0.5, 0.6) is 0 Å². The molecule has 6 aromatic heterocycles. The number of anilines is 2. The monoisotopic (exact) mass is 686 g/mol. The highest BCUT2D eigenvalue weighted by molar-refractivity contribution is 6.09. The standard InChI is InChI=1S/C42H38N8O2/c1-21-11-33-29(16-28(21)35-13-26-15-39(46-20-37(26)50(35)4)48-42(52)24-7-8-24)30(17-44-33)31-18-43-32-10-9-27(22(2)40(31)32)34-12-25-14-38(45-19-36(25)49(34)3)47-41(51)23-5-6-23/h9-20,23-24,43-44H,5-8H2,1-4H3,(H,45,47,51)(H,46,48,52). The van der Waals surface area contributed by atoms with Crippen molar-refractivity contribution in [3.8, 4) is 33.6 Å². The SMILES string of the molecule is Cc1cc2[nH]cc(-c3c[nH]c4ccc(-c5cc6cc(NC(=O)C7CC7)ncc6n5C)c(C)c34)c2cc1-c1cc2cc(NC(=O)C3CC3)ncc2n1C. The van der Waals surface area contributed by atoms with Crippen molar-refractivity contribution in [3.05, 3.63) is 84.4 Å². The van der Waals surface area contributed by atoms with Crippen LogP contribution in [0.3, 0.4) is 0 Å². The van der Waals surface area contributed by atoms with E-state index < -0.39 is 0 Å². The van der Waals surface area contributed by atoms with E-state index in [0.29, 0.717) is 11.6 Å². The van der Waals surface area contributed by atoms with Crippen LogP contribution >= 0.6 is 0 Å². The lowest BCUT2D eigenvalue weighted by Gasteiger charge is -2.11. The molecule has 8 aromatic rings. The van der Waals surface area contributed by atoms with Crippen molar-refractivity contribution in [1.82, 2.24) is 29.1 Å². The minimum atomic E-state index is 0.0579. The molecule has 0 spiro atoms. The second kappa shape index (κ2) is 11.2. The van der Waals surface area contributed by atoms with E-state index in [1.54, 1.807) is 0 Å². The van der Waals surface area contributed by atoms with Crippen molar-refractivity contribution in [2.45, 2.75) is 39.5 Å². The van der Waals surface area contributed by atoms with Gasteiger partial charge in [0.2, 0.25) is 11.8 Å². The van der Waals surface area contributed by atoms with Crippen LogP contribution < -0.4 is 10.6 Å².